The molecule has 0 aromatic heterocycles. The molecule has 0 unspecified atom stereocenters. The number of carbonyl (C=O) groups is 2. The van der Waals surface area contributed by atoms with Gasteiger partial charge in [0.2, 0.25) is 0 Å². The summed E-state index contributed by atoms with van der Waals surface area (Å²) in [6.07, 6.45) is 0. The Morgan fingerprint density at radius 3 is 1.35 bits per heavy atom. The molecule has 102 valence electrons. The van der Waals surface area contributed by atoms with Crippen LogP contribution in [0.5, 0.6) is 0 Å². The van der Waals surface area contributed by atoms with Crippen molar-refractivity contribution < 1.29 is 9.59 Å². The van der Waals surface area contributed by atoms with Gasteiger partial charge in [-0.2, -0.15) is 0 Å². The fourth-order valence-electron chi connectivity index (χ4n) is 1.61. The van der Waals surface area contributed by atoms with Gasteiger partial charge in [0.25, 0.3) is 0 Å². The molecule has 0 aliphatic heterocycles. The first kappa shape index (κ1) is 15.2. The molecule has 2 aromatic carbocycles. The van der Waals surface area contributed by atoms with Crippen LogP contribution in [0.3, 0.4) is 0 Å². The Hall–Kier alpha value is -1.18. The van der Waals surface area contributed by atoms with Crippen molar-refractivity contribution in [2.45, 2.75) is 10.6 Å². The van der Waals surface area contributed by atoms with Gasteiger partial charge in [-0.3, -0.25) is 0 Å². The van der Waals surface area contributed by atoms with Gasteiger partial charge in [0.1, 0.15) is 0 Å². The summed E-state index contributed by atoms with van der Waals surface area (Å²) in [7, 11) is 0. The summed E-state index contributed by atoms with van der Waals surface area (Å²) in [5.41, 5.74) is 1.55. The molecule has 0 amide bonds. The molecule has 2 nitrogen and oxygen atoms in total. The Morgan fingerprint density at radius 1 is 0.650 bits per heavy atom. The Morgan fingerprint density at radius 2 is 1.00 bits per heavy atom. The zero-order chi connectivity index (χ0) is 14.2. The van der Waals surface area contributed by atoms with Crippen LogP contribution >= 0.6 is 0 Å². The molecular weight excluding hydrogens is 382 g/mol. The van der Waals surface area contributed by atoms with Gasteiger partial charge in [-0.25, -0.2) is 0 Å². The minimum atomic E-state index is 0.194. The number of rotatable bonds is 7. The number of carbonyl (C=O) groups excluding carboxylic acids is 2. The molecule has 0 heterocycles. The summed E-state index contributed by atoms with van der Waals surface area (Å²) >= 11 is 0.509. The standard InChI is InChI=1S/C16H14O2Se2/c17-15(13-7-3-1-4-8-13)11-19-20-12-16(18)14-9-5-2-6-10-14/h1-10H,11-12H2. The van der Waals surface area contributed by atoms with E-state index in [4.69, 9.17) is 0 Å². The van der Waals surface area contributed by atoms with Gasteiger partial charge >= 0.3 is 130 Å². The number of hydrogen-bond acceptors (Lipinski definition) is 2. The molecule has 0 saturated heterocycles. The number of hydrogen-bond donors (Lipinski definition) is 0. The maximum absolute atomic E-state index is 11.9. The summed E-state index contributed by atoms with van der Waals surface area (Å²) in [5, 5.41) is 1.19. The van der Waals surface area contributed by atoms with Gasteiger partial charge in [0.15, 0.2) is 0 Å². The van der Waals surface area contributed by atoms with Crippen LogP contribution in [0.1, 0.15) is 20.7 Å². The third kappa shape index (κ3) is 4.73. The first-order valence-corrected chi connectivity index (χ1v) is 12.9. The molecule has 0 saturated carbocycles. The van der Waals surface area contributed by atoms with Gasteiger partial charge in [-0.1, -0.05) is 0 Å². The quantitative estimate of drug-likeness (QED) is 0.410. The normalized spacial score (nSPS) is 10.2. The average Bonchev–Trinajstić information content (AvgIpc) is 2.53. The maximum atomic E-state index is 11.9. The summed E-state index contributed by atoms with van der Waals surface area (Å²) in [4.78, 5) is 23.8. The molecule has 0 radical (unpaired) electrons. The van der Waals surface area contributed by atoms with E-state index in [1.165, 1.54) is 0 Å². The van der Waals surface area contributed by atoms with Crippen LogP contribution in [0, 0.1) is 0 Å². The molecule has 20 heavy (non-hydrogen) atoms. The molecule has 2 aromatic rings. The molecule has 0 spiro atoms. The number of Topliss-reactive ketones (excluding diaryl/α,β-unsaturated/α-hetero) is 2. The predicted octanol–water partition coefficient (Wildman–Crippen LogP) is 2.91. The first-order valence-electron chi connectivity index (χ1n) is 6.18. The Balaban J connectivity index is 1.72. The van der Waals surface area contributed by atoms with Crippen LogP contribution < -0.4 is 0 Å². The van der Waals surface area contributed by atoms with Crippen LogP contribution in [0.2, 0.25) is 10.6 Å². The van der Waals surface area contributed by atoms with Gasteiger partial charge in [0.05, 0.1) is 0 Å². The zero-order valence-electron chi connectivity index (χ0n) is 10.8. The van der Waals surface area contributed by atoms with Gasteiger partial charge < -0.3 is 0 Å². The van der Waals surface area contributed by atoms with Crippen molar-refractivity contribution in [1.82, 2.24) is 0 Å². The van der Waals surface area contributed by atoms with E-state index in [0.29, 0.717) is 10.6 Å². The molecule has 0 N–H and O–H groups in total. The monoisotopic (exact) mass is 398 g/mol. The number of benzene rings is 2. The van der Waals surface area contributed by atoms with E-state index in [2.05, 4.69) is 0 Å². The second-order valence-corrected chi connectivity index (χ2v) is 11.4. The topological polar surface area (TPSA) is 34.1 Å². The third-order valence-electron chi connectivity index (χ3n) is 2.65. The molecule has 2 rings (SSSR count). The Bertz CT molecular complexity index is 514. The summed E-state index contributed by atoms with van der Waals surface area (Å²) < 4.78 is 0. The summed E-state index contributed by atoms with van der Waals surface area (Å²) in [6, 6.07) is 18.7. The van der Waals surface area contributed by atoms with E-state index in [1.54, 1.807) is 0 Å². The van der Waals surface area contributed by atoms with Gasteiger partial charge in [0, 0.05) is 0 Å². The van der Waals surface area contributed by atoms with Crippen molar-refractivity contribution in [2.75, 3.05) is 0 Å². The van der Waals surface area contributed by atoms with Crippen molar-refractivity contribution in [1.29, 1.82) is 0 Å². The zero-order valence-corrected chi connectivity index (χ0v) is 14.2. The van der Waals surface area contributed by atoms with Crippen LogP contribution in [-0.4, -0.2) is 37.8 Å². The van der Waals surface area contributed by atoms with Gasteiger partial charge in [-0.15, -0.1) is 0 Å². The third-order valence-corrected chi connectivity index (χ3v) is 8.99. The second kappa shape index (κ2) is 8.18. The number of ketones is 2. The predicted molar refractivity (Wildman–Crippen MR) is 82.7 cm³/mol. The average molecular weight is 396 g/mol. The van der Waals surface area contributed by atoms with Crippen LogP contribution in [-0.2, 0) is 0 Å². The molecular formula is C16H14O2Se2. The van der Waals surface area contributed by atoms with Crippen molar-refractivity contribution in [3.8, 4) is 0 Å². The van der Waals surface area contributed by atoms with E-state index in [-0.39, 0.29) is 37.8 Å². The molecule has 0 aliphatic carbocycles. The molecule has 0 atom stereocenters. The SMILES string of the molecule is O=C(C[Se][Se]CC(=O)c1ccccc1)c1ccccc1. The van der Waals surface area contributed by atoms with E-state index >= 15 is 0 Å². The van der Waals surface area contributed by atoms with E-state index < -0.39 is 0 Å². The van der Waals surface area contributed by atoms with Crippen molar-refractivity contribution in [3.05, 3.63) is 71.8 Å². The van der Waals surface area contributed by atoms with Crippen molar-refractivity contribution >= 4 is 37.8 Å². The van der Waals surface area contributed by atoms with E-state index in [9.17, 15) is 9.59 Å². The fraction of sp³-hybridized carbons (Fsp3) is 0.125. The van der Waals surface area contributed by atoms with Crippen LogP contribution in [0.25, 0.3) is 0 Å². The minimum absolute atomic E-state index is 0.194. The molecule has 0 aliphatic rings. The van der Waals surface area contributed by atoms with Crippen LogP contribution in [0.4, 0.5) is 0 Å². The fourth-order valence-corrected chi connectivity index (χ4v) is 7.25. The molecule has 0 bridgehead atoms. The van der Waals surface area contributed by atoms with Crippen molar-refractivity contribution in [3.63, 3.8) is 0 Å². The van der Waals surface area contributed by atoms with E-state index in [0.717, 1.165) is 11.1 Å². The van der Waals surface area contributed by atoms with E-state index in [1.807, 2.05) is 60.7 Å². The molecule has 4 heteroatoms. The Kier molecular flexibility index (Phi) is 6.22. The van der Waals surface area contributed by atoms with Crippen molar-refractivity contribution in [2.24, 2.45) is 0 Å². The Labute approximate surface area is 129 Å². The molecule has 0 fully saturated rings. The second-order valence-electron chi connectivity index (χ2n) is 4.10. The van der Waals surface area contributed by atoms with Gasteiger partial charge in [-0.05, 0) is 0 Å². The summed E-state index contributed by atoms with van der Waals surface area (Å²) in [6.45, 7) is 0. The van der Waals surface area contributed by atoms with Crippen LogP contribution in [0.15, 0.2) is 60.7 Å². The first-order chi connectivity index (χ1) is 9.77. The summed E-state index contributed by atoms with van der Waals surface area (Å²) in [5.74, 6) is 0.388.